The van der Waals surface area contributed by atoms with Crippen LogP contribution in [0.5, 0.6) is 6.01 Å². The second-order valence-corrected chi connectivity index (χ2v) is 18.1. The van der Waals surface area contributed by atoms with Crippen LogP contribution in [0.25, 0.3) is 32.9 Å². The van der Waals surface area contributed by atoms with Crippen LogP contribution in [-0.2, 0) is 9.47 Å². The molecule has 0 radical (unpaired) electrons. The van der Waals surface area contributed by atoms with E-state index in [1.165, 1.54) is 0 Å². The van der Waals surface area contributed by atoms with Gasteiger partial charge in [-0.1, -0.05) is 42.4 Å². The smallest absolute Gasteiger partial charge is 0.412 e. The van der Waals surface area contributed by atoms with E-state index in [1.807, 2.05) is 25.7 Å². The first kappa shape index (κ1) is 39.1. The molecule has 0 spiro atoms. The molecule has 2 aromatic carbocycles. The molecular weight excluding hydrogens is 738 g/mol. The van der Waals surface area contributed by atoms with Crippen LogP contribution >= 0.6 is 0 Å². The molecule has 4 saturated heterocycles. The van der Waals surface area contributed by atoms with Gasteiger partial charge in [0.15, 0.2) is 5.82 Å². The van der Waals surface area contributed by atoms with Crippen LogP contribution in [0.1, 0.15) is 72.8 Å². The number of aromatic nitrogens is 3. The molecule has 58 heavy (non-hydrogen) atoms. The number of anilines is 2. The summed E-state index contributed by atoms with van der Waals surface area (Å²) in [5.74, 6) is 2.52. The molecule has 0 saturated carbocycles. The quantitative estimate of drug-likeness (QED) is 0.151. The average Bonchev–Trinajstić information content (AvgIpc) is 3.71. The summed E-state index contributed by atoms with van der Waals surface area (Å²) in [7, 11) is 0. The van der Waals surface area contributed by atoms with Gasteiger partial charge in [-0.3, -0.25) is 20.1 Å². The van der Waals surface area contributed by atoms with E-state index in [0.717, 1.165) is 49.9 Å². The summed E-state index contributed by atoms with van der Waals surface area (Å²) < 4.78 is 35.2. The summed E-state index contributed by atoms with van der Waals surface area (Å²) in [6.07, 6.45) is 9.76. The molecule has 2 aromatic heterocycles. The minimum absolute atomic E-state index is 0.0263. The highest BCUT2D eigenvalue weighted by Crippen LogP contribution is 2.44. The van der Waals surface area contributed by atoms with Crippen LogP contribution in [0.15, 0.2) is 60.8 Å². The number of hydrogen-bond donors (Lipinski definition) is 1. The Morgan fingerprint density at radius 2 is 1.64 bits per heavy atom. The molecular formula is C45H50FN7O5. The number of terminal acetylenes is 1. The predicted octanol–water partition coefficient (Wildman–Crippen LogP) is 8.24. The molecule has 13 heteroatoms. The van der Waals surface area contributed by atoms with Crippen LogP contribution in [-0.4, -0.2) is 98.5 Å². The number of carbonyl (C=O) groups excluding carboxylic acids is 2. The Morgan fingerprint density at radius 3 is 2.28 bits per heavy atom. The zero-order chi connectivity index (χ0) is 41.3. The van der Waals surface area contributed by atoms with Crippen LogP contribution in [0.4, 0.5) is 25.5 Å². The molecule has 4 aliphatic heterocycles. The van der Waals surface area contributed by atoms with Crippen molar-refractivity contribution in [3.05, 3.63) is 72.2 Å². The molecule has 2 bridgehead atoms. The van der Waals surface area contributed by atoms with E-state index in [2.05, 4.69) is 34.2 Å². The number of nitrogens with one attached hydrogen (secondary N) is 1. The van der Waals surface area contributed by atoms with Crippen molar-refractivity contribution in [3.8, 4) is 29.6 Å². The van der Waals surface area contributed by atoms with E-state index in [1.54, 1.807) is 57.3 Å². The van der Waals surface area contributed by atoms with Crippen molar-refractivity contribution < 1.29 is 28.2 Å². The van der Waals surface area contributed by atoms with E-state index in [4.69, 9.17) is 35.6 Å². The number of halogens is 1. The van der Waals surface area contributed by atoms with Gasteiger partial charge in [-0.25, -0.2) is 14.0 Å². The minimum atomic E-state index is -0.715. The van der Waals surface area contributed by atoms with Crippen LogP contribution in [0, 0.1) is 18.2 Å². The third-order valence-corrected chi connectivity index (χ3v) is 11.2. The first-order chi connectivity index (χ1) is 27.4. The number of nitrogens with zero attached hydrogens (tertiary/aromatic N) is 6. The summed E-state index contributed by atoms with van der Waals surface area (Å²) in [6.45, 7) is 22.2. The predicted molar refractivity (Wildman–Crippen MR) is 222 cm³/mol. The molecule has 302 valence electrons. The molecule has 4 aliphatic rings. The Hall–Kier alpha value is -5.74. The molecule has 2 atom stereocenters. The van der Waals surface area contributed by atoms with Gasteiger partial charge in [-0.05, 0) is 85.4 Å². The highest BCUT2D eigenvalue weighted by Gasteiger charge is 2.49. The van der Waals surface area contributed by atoms with Gasteiger partial charge in [0.2, 0.25) is 0 Å². The number of benzene rings is 2. The zero-order valence-corrected chi connectivity index (χ0v) is 34.1. The molecule has 8 rings (SSSR count). The highest BCUT2D eigenvalue weighted by molar-refractivity contribution is 6.09. The number of ether oxygens (including phenoxy) is 3. The van der Waals surface area contributed by atoms with Crippen molar-refractivity contribution in [3.63, 3.8) is 0 Å². The Kier molecular flexibility index (Phi) is 9.62. The summed E-state index contributed by atoms with van der Waals surface area (Å²) in [6, 6.07) is 8.52. The maximum atomic E-state index is 17.4. The van der Waals surface area contributed by atoms with Gasteiger partial charge in [0.25, 0.3) is 0 Å². The fraction of sp³-hybridized carbons (Fsp3) is 0.444. The maximum Gasteiger partial charge on any atom is 0.412 e. The van der Waals surface area contributed by atoms with Crippen molar-refractivity contribution in [2.75, 3.05) is 43.0 Å². The van der Waals surface area contributed by atoms with E-state index in [0.29, 0.717) is 51.9 Å². The molecule has 6 heterocycles. The second-order valence-electron chi connectivity index (χ2n) is 18.1. The van der Waals surface area contributed by atoms with Gasteiger partial charge in [0, 0.05) is 54.3 Å². The average molecular weight is 788 g/mol. The van der Waals surface area contributed by atoms with E-state index in [9.17, 15) is 9.59 Å². The van der Waals surface area contributed by atoms with Crippen LogP contribution in [0.3, 0.4) is 0 Å². The summed E-state index contributed by atoms with van der Waals surface area (Å²) in [5.41, 5.74) is 2.01. The number of amides is 2. The Morgan fingerprint density at radius 1 is 0.966 bits per heavy atom. The zero-order valence-electron chi connectivity index (χ0n) is 34.1. The van der Waals surface area contributed by atoms with E-state index in [-0.39, 0.29) is 47.5 Å². The van der Waals surface area contributed by atoms with Gasteiger partial charge in [0.1, 0.15) is 34.8 Å². The Bertz CT molecular complexity index is 2390. The van der Waals surface area contributed by atoms with Gasteiger partial charge in [-0.15, -0.1) is 6.42 Å². The van der Waals surface area contributed by atoms with Crippen molar-refractivity contribution in [2.45, 2.75) is 96.1 Å². The molecule has 12 nitrogen and oxygen atoms in total. The van der Waals surface area contributed by atoms with Crippen molar-refractivity contribution in [1.82, 2.24) is 24.8 Å². The fourth-order valence-corrected chi connectivity index (χ4v) is 9.10. The lowest BCUT2D eigenvalue weighted by atomic mass is 9.92. The maximum absolute atomic E-state index is 17.4. The number of piperazine rings is 1. The SMILES string of the molecule is C#Cc1cccc2c(NC(=O)OC(C)(C)C)ccc(-c3ncc4c(N5C[C@H]6CC[C@@H](C5)N6C(=O)OC(C)(C)C)nc(OCC56CC(=C)CN5CC(=C)C6)nc4c3F)c12. The number of pyridine rings is 1. The van der Waals surface area contributed by atoms with Crippen molar-refractivity contribution >= 4 is 45.4 Å². The third kappa shape index (κ3) is 7.30. The van der Waals surface area contributed by atoms with Gasteiger partial charge in [0.05, 0.1) is 28.7 Å². The summed E-state index contributed by atoms with van der Waals surface area (Å²) in [5, 5.41) is 4.36. The lowest BCUT2D eigenvalue weighted by Crippen LogP contribution is -2.57. The molecule has 4 aromatic rings. The van der Waals surface area contributed by atoms with Crippen LogP contribution < -0.4 is 15.0 Å². The standard InChI is InChI=1S/C45H50FN7O5/c1-10-28-12-11-13-31-34(48-41(54)57-43(4,5)6)17-16-32(35(28)31)37-36(46)38-33(20-47-37)39(51-23-29-14-15-30(24-51)53(29)42(55)58-44(7,8)9)50-40(49-38)56-25-45-18-26(2)21-52(45)22-27(3)19-45/h1,11-13,16-17,20,29-30H,2-3,14-15,18-19,21-25H2,4-9H3,(H,48,54)/t29-,30+. The molecule has 4 fully saturated rings. The Labute approximate surface area is 338 Å². The van der Waals surface area contributed by atoms with Gasteiger partial charge in [-0.2, -0.15) is 9.97 Å². The normalized spacial score (nSPS) is 20.4. The van der Waals surface area contributed by atoms with E-state index < -0.39 is 23.1 Å². The first-order valence-corrected chi connectivity index (χ1v) is 19.8. The summed E-state index contributed by atoms with van der Waals surface area (Å²) in [4.78, 5) is 46.9. The molecule has 1 N–H and O–H groups in total. The fourth-order valence-electron chi connectivity index (χ4n) is 9.10. The first-order valence-electron chi connectivity index (χ1n) is 19.8. The number of carbonyl (C=O) groups is 2. The number of fused-ring (bicyclic) bond motifs is 5. The topological polar surface area (TPSA) is 122 Å². The number of hydrogen-bond acceptors (Lipinski definition) is 10. The van der Waals surface area contributed by atoms with Crippen molar-refractivity contribution in [2.24, 2.45) is 0 Å². The Balaban J connectivity index is 1.22. The largest absolute Gasteiger partial charge is 0.461 e. The van der Waals surface area contributed by atoms with Crippen LogP contribution in [0.2, 0.25) is 0 Å². The lowest BCUT2D eigenvalue weighted by Gasteiger charge is -2.42. The van der Waals surface area contributed by atoms with Gasteiger partial charge < -0.3 is 19.1 Å². The number of rotatable bonds is 6. The van der Waals surface area contributed by atoms with E-state index >= 15 is 4.39 Å². The minimum Gasteiger partial charge on any atom is -0.461 e. The highest BCUT2D eigenvalue weighted by atomic mass is 19.1. The second kappa shape index (κ2) is 14.3. The molecule has 0 aliphatic carbocycles. The summed E-state index contributed by atoms with van der Waals surface area (Å²) >= 11 is 0. The van der Waals surface area contributed by atoms with Crippen molar-refractivity contribution in [1.29, 1.82) is 0 Å². The lowest BCUT2D eigenvalue weighted by molar-refractivity contribution is 0.0122. The molecule has 0 unspecified atom stereocenters. The molecule has 2 amide bonds. The van der Waals surface area contributed by atoms with Gasteiger partial charge >= 0.3 is 18.2 Å². The monoisotopic (exact) mass is 787 g/mol. The third-order valence-electron chi connectivity index (χ3n) is 11.2.